The highest BCUT2D eigenvalue weighted by molar-refractivity contribution is 7.89. The Morgan fingerprint density at radius 1 is 1.00 bits per heavy atom. The van der Waals surface area contributed by atoms with E-state index < -0.39 is 10.0 Å². The molecular weight excluding hydrogens is 400 g/mol. The van der Waals surface area contributed by atoms with Crippen LogP contribution in [0.25, 0.3) is 0 Å². The molecule has 1 fully saturated rings. The van der Waals surface area contributed by atoms with Gasteiger partial charge in [-0.15, -0.1) is 0 Å². The number of likely N-dealkylation sites (N-methyl/N-ethyl adjacent to an activating group) is 1. The monoisotopic (exact) mass is 430 g/mol. The third kappa shape index (κ3) is 5.81. The van der Waals surface area contributed by atoms with Crippen LogP contribution in [0.1, 0.15) is 5.56 Å². The number of carbonyl (C=O) groups is 1. The summed E-state index contributed by atoms with van der Waals surface area (Å²) in [6, 6.07) is 16.9. The molecule has 0 radical (unpaired) electrons. The lowest BCUT2D eigenvalue weighted by Crippen LogP contribution is -2.51. The zero-order valence-corrected chi connectivity index (χ0v) is 18.4. The number of hydrogen-bond donors (Lipinski definition) is 1. The van der Waals surface area contributed by atoms with Crippen molar-refractivity contribution >= 4 is 21.6 Å². The Labute approximate surface area is 179 Å². The van der Waals surface area contributed by atoms with Crippen LogP contribution >= 0.6 is 0 Å². The van der Waals surface area contributed by atoms with Crippen LogP contribution in [0.2, 0.25) is 0 Å². The summed E-state index contributed by atoms with van der Waals surface area (Å²) in [4.78, 5) is 16.7. The molecule has 0 spiro atoms. The number of amides is 1. The minimum atomic E-state index is -3.48. The van der Waals surface area contributed by atoms with Crippen LogP contribution in [-0.4, -0.2) is 76.4 Å². The van der Waals surface area contributed by atoms with Gasteiger partial charge < -0.3 is 10.2 Å². The third-order valence-electron chi connectivity index (χ3n) is 5.32. The number of nitrogens with zero attached hydrogens (tertiary/aromatic N) is 3. The maximum absolute atomic E-state index is 12.8. The fourth-order valence-corrected chi connectivity index (χ4v) is 4.84. The molecule has 1 aliphatic rings. The van der Waals surface area contributed by atoms with Gasteiger partial charge in [-0.05, 0) is 31.2 Å². The predicted octanol–water partition coefficient (Wildman–Crippen LogP) is 1.55. The number of benzene rings is 2. The zero-order chi connectivity index (χ0) is 21.6. The van der Waals surface area contributed by atoms with Gasteiger partial charge in [-0.2, -0.15) is 4.31 Å². The second-order valence-electron chi connectivity index (χ2n) is 7.60. The number of carbonyl (C=O) groups excluding carboxylic acids is 1. The van der Waals surface area contributed by atoms with Gasteiger partial charge in [-0.1, -0.05) is 35.9 Å². The number of aryl methyl sites for hydroxylation is 1. The normalized spacial score (nSPS) is 15.7. The van der Waals surface area contributed by atoms with E-state index in [2.05, 4.69) is 10.2 Å². The van der Waals surface area contributed by atoms with E-state index in [1.165, 1.54) is 4.31 Å². The van der Waals surface area contributed by atoms with Crippen molar-refractivity contribution in [3.05, 3.63) is 60.2 Å². The molecule has 1 saturated heterocycles. The van der Waals surface area contributed by atoms with E-state index in [9.17, 15) is 13.2 Å². The quantitative estimate of drug-likeness (QED) is 0.688. The van der Waals surface area contributed by atoms with Crippen LogP contribution in [0.5, 0.6) is 0 Å². The highest BCUT2D eigenvalue weighted by atomic mass is 32.2. The number of sulfonamides is 1. The van der Waals surface area contributed by atoms with Gasteiger partial charge >= 0.3 is 0 Å². The number of anilines is 1. The van der Waals surface area contributed by atoms with Gasteiger partial charge in [-0.3, -0.25) is 9.69 Å². The molecule has 0 saturated carbocycles. The molecule has 1 heterocycles. The van der Waals surface area contributed by atoms with Crippen molar-refractivity contribution in [2.24, 2.45) is 0 Å². The van der Waals surface area contributed by atoms with Gasteiger partial charge in [0.05, 0.1) is 11.4 Å². The Morgan fingerprint density at radius 2 is 1.63 bits per heavy atom. The average Bonchev–Trinajstić information content (AvgIpc) is 2.75. The van der Waals surface area contributed by atoms with E-state index >= 15 is 0 Å². The van der Waals surface area contributed by atoms with Gasteiger partial charge in [0.15, 0.2) is 0 Å². The first-order valence-corrected chi connectivity index (χ1v) is 11.6. The molecule has 1 aliphatic heterocycles. The minimum absolute atomic E-state index is 0.0358. The summed E-state index contributed by atoms with van der Waals surface area (Å²) < 4.78 is 27.0. The first-order chi connectivity index (χ1) is 14.4. The molecule has 7 nitrogen and oxygen atoms in total. The lowest BCUT2D eigenvalue weighted by atomic mass is 10.2. The number of hydrogen-bond acceptors (Lipinski definition) is 5. The van der Waals surface area contributed by atoms with Gasteiger partial charge in [0.2, 0.25) is 15.9 Å². The largest absolute Gasteiger partial charge is 0.373 e. The van der Waals surface area contributed by atoms with E-state index in [0.717, 1.165) is 17.8 Å². The highest BCUT2D eigenvalue weighted by Crippen LogP contribution is 2.18. The van der Waals surface area contributed by atoms with E-state index in [-0.39, 0.29) is 12.5 Å². The van der Waals surface area contributed by atoms with Gasteiger partial charge in [0.25, 0.3) is 0 Å². The van der Waals surface area contributed by atoms with Crippen molar-refractivity contribution in [3.63, 3.8) is 0 Å². The summed E-state index contributed by atoms with van der Waals surface area (Å²) in [5.41, 5.74) is 2.14. The summed E-state index contributed by atoms with van der Waals surface area (Å²) in [5, 5.41) is 2.95. The van der Waals surface area contributed by atoms with E-state index in [4.69, 9.17) is 0 Å². The molecular formula is C22H30N4O3S. The Morgan fingerprint density at radius 3 is 2.27 bits per heavy atom. The smallest absolute Gasteiger partial charge is 0.243 e. The maximum atomic E-state index is 12.8. The van der Waals surface area contributed by atoms with Gasteiger partial charge in [-0.25, -0.2) is 8.42 Å². The van der Waals surface area contributed by atoms with Crippen molar-refractivity contribution in [1.29, 1.82) is 0 Å². The number of para-hydroxylation sites is 1. The van der Waals surface area contributed by atoms with Crippen LogP contribution < -0.4 is 10.2 Å². The minimum Gasteiger partial charge on any atom is -0.373 e. The summed E-state index contributed by atoms with van der Waals surface area (Å²) in [6.45, 7) is 5.36. The topological polar surface area (TPSA) is 73.0 Å². The molecule has 8 heteroatoms. The van der Waals surface area contributed by atoms with E-state index in [1.807, 2.05) is 61.3 Å². The Kier molecular flexibility index (Phi) is 7.47. The fourth-order valence-electron chi connectivity index (χ4n) is 3.42. The van der Waals surface area contributed by atoms with Crippen molar-refractivity contribution < 1.29 is 13.2 Å². The molecule has 1 N–H and O–H groups in total. The standard InChI is InChI=1S/C22H30N4O3S/c1-19-8-10-21(11-9-19)30(28,29)26-16-14-25(15-17-26)18-22(27)23-12-13-24(2)20-6-4-3-5-7-20/h3-11H,12-18H2,1-2H3,(H,23,27). The number of rotatable bonds is 8. The molecule has 2 aromatic carbocycles. The molecule has 1 amide bonds. The van der Waals surface area contributed by atoms with Crippen molar-refractivity contribution in [3.8, 4) is 0 Å². The molecule has 162 valence electrons. The number of piperazine rings is 1. The van der Waals surface area contributed by atoms with Crippen LogP contribution in [0.4, 0.5) is 5.69 Å². The molecule has 0 bridgehead atoms. The lowest BCUT2D eigenvalue weighted by Gasteiger charge is -2.33. The molecule has 0 unspecified atom stereocenters. The summed E-state index contributed by atoms with van der Waals surface area (Å²) in [7, 11) is -1.48. The zero-order valence-electron chi connectivity index (χ0n) is 17.6. The average molecular weight is 431 g/mol. The second-order valence-corrected chi connectivity index (χ2v) is 9.54. The molecule has 0 aliphatic carbocycles. The van der Waals surface area contributed by atoms with Gasteiger partial charge in [0, 0.05) is 52.0 Å². The summed E-state index contributed by atoms with van der Waals surface area (Å²) >= 11 is 0. The SMILES string of the molecule is Cc1ccc(S(=O)(=O)N2CCN(CC(=O)NCCN(C)c3ccccc3)CC2)cc1. The molecule has 30 heavy (non-hydrogen) atoms. The molecule has 3 rings (SSSR count). The second kappa shape index (κ2) is 10.1. The molecule has 2 aromatic rings. The van der Waals surface area contributed by atoms with Crippen molar-refractivity contribution in [2.75, 3.05) is 57.8 Å². The lowest BCUT2D eigenvalue weighted by molar-refractivity contribution is -0.122. The summed E-state index contributed by atoms with van der Waals surface area (Å²) in [6.07, 6.45) is 0. The van der Waals surface area contributed by atoms with Crippen molar-refractivity contribution in [1.82, 2.24) is 14.5 Å². The Hall–Kier alpha value is -2.42. The van der Waals surface area contributed by atoms with Crippen LogP contribution in [0, 0.1) is 6.92 Å². The highest BCUT2D eigenvalue weighted by Gasteiger charge is 2.28. The fraction of sp³-hybridized carbons (Fsp3) is 0.409. The van der Waals surface area contributed by atoms with Crippen LogP contribution in [-0.2, 0) is 14.8 Å². The third-order valence-corrected chi connectivity index (χ3v) is 7.24. The number of nitrogens with one attached hydrogen (secondary N) is 1. The first kappa shape index (κ1) is 22.3. The first-order valence-electron chi connectivity index (χ1n) is 10.2. The molecule has 0 aromatic heterocycles. The molecule has 0 atom stereocenters. The summed E-state index contributed by atoms with van der Waals surface area (Å²) in [5.74, 6) is -0.0358. The Balaban J connectivity index is 1.41. The van der Waals surface area contributed by atoms with Crippen LogP contribution in [0.3, 0.4) is 0 Å². The predicted molar refractivity (Wildman–Crippen MR) is 119 cm³/mol. The van der Waals surface area contributed by atoms with Crippen LogP contribution in [0.15, 0.2) is 59.5 Å². The van der Waals surface area contributed by atoms with Gasteiger partial charge in [0.1, 0.15) is 0 Å². The Bertz CT molecular complexity index is 925. The maximum Gasteiger partial charge on any atom is 0.243 e. The van der Waals surface area contributed by atoms with Crippen molar-refractivity contribution in [2.45, 2.75) is 11.8 Å². The van der Waals surface area contributed by atoms with E-state index in [1.54, 1.807) is 12.1 Å². The van der Waals surface area contributed by atoms with E-state index in [0.29, 0.717) is 37.6 Å².